The average Bonchev–Trinajstić information content (AvgIpc) is 2.16. The van der Waals surface area contributed by atoms with Crippen molar-refractivity contribution in [2.45, 2.75) is 6.42 Å². The number of primary amides is 1. The summed E-state index contributed by atoms with van der Waals surface area (Å²) in [5.74, 6) is 0.470. The molecular weight excluding hydrogens is 180 g/mol. The average molecular weight is 192 g/mol. The first-order chi connectivity index (χ1) is 6.74. The van der Waals surface area contributed by atoms with Gasteiger partial charge in [-0.2, -0.15) is 0 Å². The number of nitrogens with two attached hydrogens (primary N) is 2. The SMILES string of the molecule is NC=CCc1ccccc1OC(N)=O. The number of carbonyl (C=O) groups excluding carboxylic acids is 1. The fraction of sp³-hybridized carbons (Fsp3) is 0.100. The Hall–Kier alpha value is -1.97. The maximum Gasteiger partial charge on any atom is 0.409 e. The van der Waals surface area contributed by atoms with Crippen molar-refractivity contribution in [2.75, 3.05) is 0 Å². The monoisotopic (exact) mass is 192 g/mol. The standard InChI is InChI=1S/C10H12N2O2/c11-7-3-5-8-4-1-2-6-9(8)14-10(12)13/h1-4,6-7H,5,11H2,(H2,12,13). The molecule has 0 saturated carbocycles. The molecule has 14 heavy (non-hydrogen) atoms. The van der Waals surface area contributed by atoms with Crippen molar-refractivity contribution in [1.29, 1.82) is 0 Å². The van der Waals surface area contributed by atoms with E-state index in [1.54, 1.807) is 18.2 Å². The summed E-state index contributed by atoms with van der Waals surface area (Å²) in [6.07, 6.45) is 3.01. The molecule has 4 nitrogen and oxygen atoms in total. The van der Waals surface area contributed by atoms with Gasteiger partial charge in [0.05, 0.1) is 0 Å². The van der Waals surface area contributed by atoms with E-state index in [1.165, 1.54) is 6.20 Å². The highest BCUT2D eigenvalue weighted by molar-refractivity contribution is 5.68. The van der Waals surface area contributed by atoms with E-state index in [4.69, 9.17) is 16.2 Å². The molecule has 0 aliphatic rings. The molecule has 0 atom stereocenters. The van der Waals surface area contributed by atoms with Crippen molar-refractivity contribution in [1.82, 2.24) is 0 Å². The molecule has 0 aliphatic heterocycles. The molecule has 0 aromatic heterocycles. The van der Waals surface area contributed by atoms with Gasteiger partial charge in [-0.3, -0.25) is 0 Å². The van der Waals surface area contributed by atoms with Gasteiger partial charge in [-0.25, -0.2) is 4.79 Å². The highest BCUT2D eigenvalue weighted by atomic mass is 16.5. The Morgan fingerprint density at radius 1 is 1.43 bits per heavy atom. The van der Waals surface area contributed by atoms with Crippen LogP contribution in [0.1, 0.15) is 5.56 Å². The van der Waals surface area contributed by atoms with E-state index >= 15 is 0 Å². The minimum atomic E-state index is -0.811. The number of hydrogen-bond acceptors (Lipinski definition) is 3. The third-order valence-corrected chi connectivity index (χ3v) is 1.66. The Morgan fingerprint density at radius 2 is 2.14 bits per heavy atom. The lowest BCUT2D eigenvalue weighted by Crippen LogP contribution is -2.17. The van der Waals surface area contributed by atoms with Crippen molar-refractivity contribution in [3.05, 3.63) is 42.1 Å². The van der Waals surface area contributed by atoms with E-state index in [0.29, 0.717) is 12.2 Å². The van der Waals surface area contributed by atoms with Gasteiger partial charge in [-0.1, -0.05) is 24.3 Å². The van der Waals surface area contributed by atoms with E-state index in [2.05, 4.69) is 0 Å². The molecule has 0 radical (unpaired) electrons. The zero-order valence-electron chi connectivity index (χ0n) is 7.64. The Balaban J connectivity index is 2.85. The van der Waals surface area contributed by atoms with Crippen LogP contribution >= 0.6 is 0 Å². The molecule has 1 aromatic carbocycles. The van der Waals surface area contributed by atoms with Crippen LogP contribution in [0.3, 0.4) is 0 Å². The van der Waals surface area contributed by atoms with Crippen LogP contribution in [0.4, 0.5) is 4.79 Å². The fourth-order valence-electron chi connectivity index (χ4n) is 1.08. The molecule has 0 saturated heterocycles. The Labute approximate surface area is 82.2 Å². The smallest absolute Gasteiger partial charge is 0.409 e. The molecule has 1 amide bonds. The van der Waals surface area contributed by atoms with Gasteiger partial charge in [0.1, 0.15) is 5.75 Å². The third kappa shape index (κ3) is 2.82. The van der Waals surface area contributed by atoms with Gasteiger partial charge in [0.15, 0.2) is 0 Å². The Morgan fingerprint density at radius 3 is 2.79 bits per heavy atom. The number of allylic oxidation sites excluding steroid dienone is 1. The fourth-order valence-corrected chi connectivity index (χ4v) is 1.08. The van der Waals surface area contributed by atoms with Crippen molar-refractivity contribution in [3.8, 4) is 5.75 Å². The molecule has 4 N–H and O–H groups in total. The largest absolute Gasteiger partial charge is 0.410 e. The van der Waals surface area contributed by atoms with Crippen LogP contribution in [0.2, 0.25) is 0 Å². The maximum absolute atomic E-state index is 10.6. The second kappa shape index (κ2) is 4.91. The van der Waals surface area contributed by atoms with Gasteiger partial charge in [0, 0.05) is 0 Å². The molecule has 0 unspecified atom stereocenters. The summed E-state index contributed by atoms with van der Waals surface area (Å²) in [6.45, 7) is 0. The van der Waals surface area contributed by atoms with Crippen LogP contribution in [-0.4, -0.2) is 6.09 Å². The molecule has 1 rings (SSSR count). The second-order valence-corrected chi connectivity index (χ2v) is 2.66. The van der Waals surface area contributed by atoms with Gasteiger partial charge in [-0.05, 0) is 24.3 Å². The highest BCUT2D eigenvalue weighted by Gasteiger charge is 2.03. The van der Waals surface area contributed by atoms with Gasteiger partial charge in [0.2, 0.25) is 0 Å². The summed E-state index contributed by atoms with van der Waals surface area (Å²) in [4.78, 5) is 10.6. The molecule has 0 aliphatic carbocycles. The van der Waals surface area contributed by atoms with Crippen molar-refractivity contribution in [2.24, 2.45) is 11.5 Å². The van der Waals surface area contributed by atoms with Gasteiger partial charge < -0.3 is 16.2 Å². The number of benzene rings is 1. The van der Waals surface area contributed by atoms with E-state index < -0.39 is 6.09 Å². The summed E-state index contributed by atoms with van der Waals surface area (Å²) in [6, 6.07) is 7.16. The number of ether oxygens (including phenoxy) is 1. The summed E-state index contributed by atoms with van der Waals surface area (Å²) >= 11 is 0. The van der Waals surface area contributed by atoms with Gasteiger partial charge in [0.25, 0.3) is 0 Å². The predicted octanol–water partition coefficient (Wildman–Crippen LogP) is 1.16. The summed E-state index contributed by atoms with van der Waals surface area (Å²) in [7, 11) is 0. The van der Waals surface area contributed by atoms with E-state index in [1.807, 2.05) is 12.1 Å². The minimum absolute atomic E-state index is 0.470. The van der Waals surface area contributed by atoms with Crippen molar-refractivity contribution >= 4 is 6.09 Å². The molecule has 1 aromatic rings. The van der Waals surface area contributed by atoms with Crippen LogP contribution in [0.15, 0.2) is 36.5 Å². The first-order valence-corrected chi connectivity index (χ1v) is 4.16. The molecule has 0 heterocycles. The summed E-state index contributed by atoms with van der Waals surface area (Å²) in [5, 5.41) is 0. The summed E-state index contributed by atoms with van der Waals surface area (Å²) < 4.78 is 4.81. The minimum Gasteiger partial charge on any atom is -0.410 e. The lowest BCUT2D eigenvalue weighted by molar-refractivity contribution is 0.210. The van der Waals surface area contributed by atoms with E-state index in [9.17, 15) is 4.79 Å². The number of carbonyl (C=O) groups is 1. The molecule has 0 spiro atoms. The van der Waals surface area contributed by atoms with Crippen molar-refractivity contribution < 1.29 is 9.53 Å². The molecule has 0 bridgehead atoms. The zero-order chi connectivity index (χ0) is 10.4. The first kappa shape index (κ1) is 10.1. The molecule has 4 heteroatoms. The Bertz CT molecular complexity index is 348. The molecule has 74 valence electrons. The van der Waals surface area contributed by atoms with Crippen LogP contribution in [-0.2, 0) is 6.42 Å². The molecular formula is C10H12N2O2. The number of hydrogen-bond donors (Lipinski definition) is 2. The highest BCUT2D eigenvalue weighted by Crippen LogP contribution is 2.18. The van der Waals surface area contributed by atoms with Gasteiger partial charge >= 0.3 is 6.09 Å². The van der Waals surface area contributed by atoms with Crippen LogP contribution in [0.5, 0.6) is 5.75 Å². The van der Waals surface area contributed by atoms with Crippen molar-refractivity contribution in [3.63, 3.8) is 0 Å². The zero-order valence-corrected chi connectivity index (χ0v) is 7.64. The number of rotatable bonds is 3. The lowest BCUT2D eigenvalue weighted by Gasteiger charge is -2.05. The lowest BCUT2D eigenvalue weighted by atomic mass is 10.1. The van der Waals surface area contributed by atoms with Crippen LogP contribution < -0.4 is 16.2 Å². The summed E-state index contributed by atoms with van der Waals surface area (Å²) in [5.41, 5.74) is 11.0. The second-order valence-electron chi connectivity index (χ2n) is 2.66. The molecule has 0 fully saturated rings. The van der Waals surface area contributed by atoms with E-state index in [-0.39, 0.29) is 0 Å². The predicted molar refractivity (Wildman–Crippen MR) is 53.7 cm³/mol. The third-order valence-electron chi connectivity index (χ3n) is 1.66. The van der Waals surface area contributed by atoms with Crippen LogP contribution in [0, 0.1) is 0 Å². The topological polar surface area (TPSA) is 78.3 Å². The van der Waals surface area contributed by atoms with Gasteiger partial charge in [-0.15, -0.1) is 0 Å². The Kier molecular flexibility index (Phi) is 3.55. The maximum atomic E-state index is 10.6. The normalized spacial score (nSPS) is 10.3. The van der Waals surface area contributed by atoms with Crippen LogP contribution in [0.25, 0.3) is 0 Å². The first-order valence-electron chi connectivity index (χ1n) is 4.16. The number of amides is 1. The van der Waals surface area contributed by atoms with E-state index in [0.717, 1.165) is 5.56 Å². The number of para-hydroxylation sites is 1. The quantitative estimate of drug-likeness (QED) is 0.754.